The van der Waals surface area contributed by atoms with Gasteiger partial charge in [-0.3, -0.25) is 14.6 Å². The van der Waals surface area contributed by atoms with E-state index < -0.39 is 47.3 Å². The Kier molecular flexibility index (Phi) is 5.59. The van der Waals surface area contributed by atoms with Crippen LogP contribution in [0.3, 0.4) is 0 Å². The van der Waals surface area contributed by atoms with Gasteiger partial charge in [0.05, 0.1) is 16.6 Å². The summed E-state index contributed by atoms with van der Waals surface area (Å²) < 4.78 is 52.9. The van der Waals surface area contributed by atoms with Gasteiger partial charge in [-0.2, -0.15) is 13.2 Å². The molecular weight excluding hydrogens is 410 g/mol. The molecule has 3 rings (SSSR count). The van der Waals surface area contributed by atoms with E-state index in [2.05, 4.69) is 9.97 Å². The molecular formula is C19H15F4N3O4. The fraction of sp³-hybridized carbons (Fsp3) is 0.211. The van der Waals surface area contributed by atoms with E-state index in [-0.39, 0.29) is 34.1 Å². The molecule has 0 unspecified atom stereocenters. The van der Waals surface area contributed by atoms with Gasteiger partial charge >= 0.3 is 6.18 Å². The number of nitrogens with one attached hydrogen (secondary N) is 1. The second-order valence-corrected chi connectivity index (χ2v) is 6.57. The van der Waals surface area contributed by atoms with E-state index >= 15 is 0 Å². The lowest BCUT2D eigenvalue weighted by molar-refractivity contribution is -0.138. The van der Waals surface area contributed by atoms with Crippen molar-refractivity contribution in [2.24, 2.45) is 5.73 Å². The Morgan fingerprint density at radius 3 is 2.53 bits per heavy atom. The summed E-state index contributed by atoms with van der Waals surface area (Å²) in [5.74, 6) is -2.13. The van der Waals surface area contributed by atoms with Crippen molar-refractivity contribution in [3.8, 4) is 0 Å². The molecule has 0 fully saturated rings. The molecule has 11 heteroatoms. The molecule has 0 aliphatic rings. The number of fused-ring (bicyclic) bond motifs is 1. The van der Waals surface area contributed by atoms with Gasteiger partial charge in [-0.1, -0.05) is 6.07 Å². The number of rotatable bonds is 5. The number of aromatic amines is 1. The van der Waals surface area contributed by atoms with Crippen LogP contribution in [0.1, 0.15) is 32.6 Å². The molecule has 0 saturated heterocycles. The normalized spacial score (nSPS) is 12.0. The highest BCUT2D eigenvalue weighted by atomic mass is 19.4. The fourth-order valence-corrected chi connectivity index (χ4v) is 3.21. The molecule has 30 heavy (non-hydrogen) atoms. The Morgan fingerprint density at radius 2 is 1.93 bits per heavy atom. The lowest BCUT2D eigenvalue weighted by Gasteiger charge is -2.14. The third-order valence-electron chi connectivity index (χ3n) is 4.41. The first-order valence-electron chi connectivity index (χ1n) is 8.52. The third-order valence-corrected chi connectivity index (χ3v) is 4.41. The minimum absolute atomic E-state index is 0.0374. The Morgan fingerprint density at radius 1 is 1.23 bits per heavy atom. The van der Waals surface area contributed by atoms with Gasteiger partial charge in [0.25, 0.3) is 11.5 Å². The van der Waals surface area contributed by atoms with Crippen LogP contribution < -0.4 is 11.3 Å². The summed E-state index contributed by atoms with van der Waals surface area (Å²) in [7, 11) is 0. The number of benzene rings is 1. The van der Waals surface area contributed by atoms with Gasteiger partial charge in [0.15, 0.2) is 6.29 Å². The van der Waals surface area contributed by atoms with Crippen molar-refractivity contribution in [1.82, 2.24) is 9.97 Å². The van der Waals surface area contributed by atoms with Crippen molar-refractivity contribution in [3.05, 3.63) is 74.5 Å². The number of aliphatic hydroxyl groups excluding tert-OH is 1. The summed E-state index contributed by atoms with van der Waals surface area (Å²) in [4.78, 5) is 30.3. The molecule has 0 spiro atoms. The molecule has 1 amide bonds. The average molecular weight is 425 g/mol. The summed E-state index contributed by atoms with van der Waals surface area (Å²) in [6, 6.07) is 3.65. The largest absolute Gasteiger partial charge is 0.416 e. The molecule has 1 aromatic carbocycles. The van der Waals surface area contributed by atoms with Crippen LogP contribution in [0.5, 0.6) is 0 Å². The molecule has 0 aliphatic heterocycles. The average Bonchev–Trinajstić information content (AvgIpc) is 2.61. The first-order valence-corrected chi connectivity index (χ1v) is 8.52. The zero-order chi connectivity index (χ0) is 22.2. The smallest absolute Gasteiger partial charge is 0.368 e. The van der Waals surface area contributed by atoms with Gasteiger partial charge in [-0.15, -0.1) is 0 Å². The number of aliphatic hydroxyl groups is 2. The van der Waals surface area contributed by atoms with E-state index in [0.29, 0.717) is 6.07 Å². The lowest BCUT2D eigenvalue weighted by atomic mass is 9.98. The van der Waals surface area contributed by atoms with Crippen LogP contribution in [0.2, 0.25) is 0 Å². The lowest BCUT2D eigenvalue weighted by Crippen LogP contribution is -2.28. The first kappa shape index (κ1) is 21.4. The third kappa shape index (κ3) is 4.31. The standard InChI is InChI=1S/C19H15F4N3O4/c20-10-2-1-9(12(5-10)19(21,22)23)3-8-4-13-16(25-7-8)11(6-14(27)28)15(17(24)29)18(30)26-13/h1-2,4-5,7,14,27-28H,3,6H2,(H2,24,29)(H,26,30). The van der Waals surface area contributed by atoms with Crippen molar-refractivity contribution < 1.29 is 32.6 Å². The van der Waals surface area contributed by atoms with Crippen LogP contribution in [0.4, 0.5) is 17.6 Å². The molecule has 2 heterocycles. The zero-order valence-corrected chi connectivity index (χ0v) is 15.1. The Hall–Kier alpha value is -3.31. The molecule has 2 aromatic heterocycles. The summed E-state index contributed by atoms with van der Waals surface area (Å²) in [5.41, 5.74) is 2.73. The number of H-pyrrole nitrogens is 1. The molecule has 0 radical (unpaired) electrons. The first-order chi connectivity index (χ1) is 14.0. The Bertz CT molecular complexity index is 1190. The number of alkyl halides is 3. The van der Waals surface area contributed by atoms with Crippen LogP contribution in [0.15, 0.2) is 35.3 Å². The van der Waals surface area contributed by atoms with E-state index in [4.69, 9.17) is 5.73 Å². The quantitative estimate of drug-likeness (QED) is 0.365. The van der Waals surface area contributed by atoms with E-state index in [0.717, 1.165) is 12.1 Å². The van der Waals surface area contributed by atoms with Gasteiger partial charge in [-0.05, 0) is 35.7 Å². The number of carbonyl (C=O) groups excluding carboxylic acids is 1. The van der Waals surface area contributed by atoms with E-state index in [1.54, 1.807) is 0 Å². The second kappa shape index (κ2) is 7.84. The van der Waals surface area contributed by atoms with Crippen LogP contribution >= 0.6 is 0 Å². The van der Waals surface area contributed by atoms with E-state index in [1.165, 1.54) is 12.3 Å². The Labute approximate surface area is 165 Å². The van der Waals surface area contributed by atoms with Gasteiger partial charge < -0.3 is 20.9 Å². The van der Waals surface area contributed by atoms with E-state index in [1.807, 2.05) is 0 Å². The number of hydrogen-bond acceptors (Lipinski definition) is 5. The Balaban J connectivity index is 2.13. The number of carbonyl (C=O) groups is 1. The van der Waals surface area contributed by atoms with Gasteiger partial charge in [0.2, 0.25) is 0 Å². The SMILES string of the molecule is NC(=O)c1c(CC(O)O)c2ncc(Cc3ccc(F)cc3C(F)(F)F)cc2[nH]c1=O. The van der Waals surface area contributed by atoms with Crippen molar-refractivity contribution in [1.29, 1.82) is 0 Å². The molecule has 0 aliphatic carbocycles. The molecule has 5 N–H and O–H groups in total. The van der Waals surface area contributed by atoms with Crippen molar-refractivity contribution >= 4 is 16.9 Å². The van der Waals surface area contributed by atoms with E-state index in [9.17, 15) is 37.4 Å². The number of hydrogen-bond donors (Lipinski definition) is 4. The van der Waals surface area contributed by atoms with Crippen LogP contribution in [-0.4, -0.2) is 32.4 Å². The minimum Gasteiger partial charge on any atom is -0.368 e. The van der Waals surface area contributed by atoms with Crippen LogP contribution in [0, 0.1) is 5.82 Å². The molecule has 3 aromatic rings. The summed E-state index contributed by atoms with van der Waals surface area (Å²) >= 11 is 0. The number of pyridine rings is 2. The zero-order valence-electron chi connectivity index (χ0n) is 15.1. The maximum atomic E-state index is 13.3. The van der Waals surface area contributed by atoms with Crippen molar-refractivity contribution in [2.75, 3.05) is 0 Å². The highest BCUT2D eigenvalue weighted by Gasteiger charge is 2.33. The van der Waals surface area contributed by atoms with Crippen LogP contribution in [-0.2, 0) is 19.0 Å². The molecule has 0 atom stereocenters. The van der Waals surface area contributed by atoms with Gasteiger partial charge in [-0.25, -0.2) is 4.39 Å². The molecule has 0 bridgehead atoms. The second-order valence-electron chi connectivity index (χ2n) is 6.57. The van der Waals surface area contributed by atoms with Crippen molar-refractivity contribution in [3.63, 3.8) is 0 Å². The summed E-state index contributed by atoms with van der Waals surface area (Å²) in [5, 5.41) is 18.5. The topological polar surface area (TPSA) is 129 Å². The number of halogens is 4. The maximum Gasteiger partial charge on any atom is 0.416 e. The van der Waals surface area contributed by atoms with Gasteiger partial charge in [0.1, 0.15) is 11.4 Å². The maximum absolute atomic E-state index is 13.3. The monoisotopic (exact) mass is 425 g/mol. The summed E-state index contributed by atoms with van der Waals surface area (Å²) in [6.07, 6.45) is -6.24. The number of amides is 1. The van der Waals surface area contributed by atoms with Gasteiger partial charge in [0, 0.05) is 18.2 Å². The fourth-order valence-electron chi connectivity index (χ4n) is 3.21. The molecule has 158 valence electrons. The summed E-state index contributed by atoms with van der Waals surface area (Å²) in [6.45, 7) is 0. The predicted molar refractivity (Wildman–Crippen MR) is 97.0 cm³/mol. The molecule has 7 nitrogen and oxygen atoms in total. The highest BCUT2D eigenvalue weighted by molar-refractivity contribution is 5.98. The molecule has 0 saturated carbocycles. The number of primary amides is 1. The number of aromatic nitrogens is 2. The van der Waals surface area contributed by atoms with Crippen molar-refractivity contribution in [2.45, 2.75) is 25.3 Å². The minimum atomic E-state index is -4.77. The number of nitrogens with two attached hydrogens (primary N) is 1. The van der Waals surface area contributed by atoms with Crippen LogP contribution in [0.25, 0.3) is 11.0 Å². The number of nitrogens with zero attached hydrogens (tertiary/aromatic N) is 1. The highest BCUT2D eigenvalue weighted by Crippen LogP contribution is 2.33. The predicted octanol–water partition coefficient (Wildman–Crippen LogP) is 1.62.